The summed E-state index contributed by atoms with van der Waals surface area (Å²) in [7, 11) is 0. The molecule has 7 heteroatoms. The number of nitrogens with one attached hydrogen (secondary N) is 1. The van der Waals surface area contributed by atoms with Crippen molar-refractivity contribution in [2.24, 2.45) is 0 Å². The van der Waals surface area contributed by atoms with Gasteiger partial charge in [0.1, 0.15) is 15.8 Å². The smallest absolute Gasteiger partial charge is 0.349 e. The van der Waals surface area contributed by atoms with E-state index in [9.17, 15) is 9.59 Å². The van der Waals surface area contributed by atoms with Crippen molar-refractivity contribution in [3.8, 4) is 5.75 Å². The number of amides is 1. The fraction of sp³-hybridized carbons (Fsp3) is 0.167. The first-order valence-electron chi connectivity index (χ1n) is 5.29. The second-order valence-electron chi connectivity index (χ2n) is 3.32. The molecule has 0 radical (unpaired) electrons. The molecule has 1 rings (SSSR count). The van der Waals surface area contributed by atoms with Gasteiger partial charge in [-0.05, 0) is 19.1 Å². The van der Waals surface area contributed by atoms with E-state index in [1.165, 1.54) is 0 Å². The highest BCUT2D eigenvalue weighted by molar-refractivity contribution is 6.54. The Kier molecular flexibility index (Phi) is 5.66. The molecule has 0 saturated carbocycles. The molecule has 0 aliphatic rings. The molecule has 0 atom stereocenters. The lowest BCUT2D eigenvalue weighted by Crippen LogP contribution is -2.15. The molecule has 102 valence electrons. The second kappa shape index (κ2) is 7.01. The van der Waals surface area contributed by atoms with Crippen LogP contribution in [0.2, 0.25) is 0 Å². The summed E-state index contributed by atoms with van der Waals surface area (Å²) in [6.07, 6.45) is 0. The highest BCUT2D eigenvalue weighted by Gasteiger charge is 2.18. The highest BCUT2D eigenvalue weighted by Crippen LogP contribution is 2.25. The van der Waals surface area contributed by atoms with Gasteiger partial charge in [-0.2, -0.15) is 0 Å². The van der Waals surface area contributed by atoms with Gasteiger partial charge < -0.3 is 15.2 Å². The maximum atomic E-state index is 11.7. The Morgan fingerprint density at radius 3 is 2.47 bits per heavy atom. The average molecular weight is 304 g/mol. The number of para-hydroxylation sites is 2. The van der Waals surface area contributed by atoms with Crippen LogP contribution in [0.5, 0.6) is 5.75 Å². The van der Waals surface area contributed by atoms with Gasteiger partial charge in [0.25, 0.3) is 5.91 Å². The zero-order valence-corrected chi connectivity index (χ0v) is 11.5. The van der Waals surface area contributed by atoms with Crippen molar-refractivity contribution in [1.29, 1.82) is 0 Å². The van der Waals surface area contributed by atoms with Crippen LogP contribution in [0.25, 0.3) is 0 Å². The van der Waals surface area contributed by atoms with Gasteiger partial charge in [-0.25, -0.2) is 4.79 Å². The van der Waals surface area contributed by atoms with Crippen LogP contribution in [0.1, 0.15) is 6.92 Å². The lowest BCUT2D eigenvalue weighted by molar-refractivity contribution is -0.132. The Morgan fingerprint density at radius 2 is 1.89 bits per heavy atom. The van der Waals surface area contributed by atoms with Crippen molar-refractivity contribution in [3.05, 3.63) is 34.3 Å². The topological polar surface area (TPSA) is 75.6 Å². The Balaban J connectivity index is 2.94. The number of carbonyl (C=O) groups excluding carboxylic acids is 1. The summed E-state index contributed by atoms with van der Waals surface area (Å²) < 4.78 is 5.30. The molecule has 0 saturated heterocycles. The van der Waals surface area contributed by atoms with Crippen LogP contribution in [0, 0.1) is 0 Å². The lowest BCUT2D eigenvalue weighted by Gasteiger charge is -2.10. The Morgan fingerprint density at radius 1 is 1.26 bits per heavy atom. The number of carboxylic acid groups (broad SMARTS) is 1. The number of carboxylic acids is 1. The van der Waals surface area contributed by atoms with E-state index in [-0.39, 0.29) is 0 Å². The fourth-order valence-corrected chi connectivity index (χ4v) is 1.44. The number of aliphatic carboxylic acids is 1. The predicted molar refractivity (Wildman–Crippen MR) is 72.6 cm³/mol. The molecular weight excluding hydrogens is 293 g/mol. The lowest BCUT2D eigenvalue weighted by atomic mass is 10.3. The summed E-state index contributed by atoms with van der Waals surface area (Å²) in [5.41, 5.74) is 0.377. The van der Waals surface area contributed by atoms with Crippen LogP contribution in [0.15, 0.2) is 34.3 Å². The predicted octanol–water partition coefficient (Wildman–Crippen LogP) is 2.80. The van der Waals surface area contributed by atoms with Crippen LogP contribution in [-0.4, -0.2) is 23.6 Å². The maximum absolute atomic E-state index is 11.7. The summed E-state index contributed by atoms with van der Waals surface area (Å²) in [5, 5.41) is 9.72. The molecule has 5 nitrogen and oxygen atoms in total. The third-order valence-corrected chi connectivity index (χ3v) is 2.82. The molecule has 2 N–H and O–H groups in total. The molecule has 0 unspecified atom stereocenters. The van der Waals surface area contributed by atoms with Crippen molar-refractivity contribution >= 4 is 40.8 Å². The largest absolute Gasteiger partial charge is 0.492 e. The summed E-state index contributed by atoms with van der Waals surface area (Å²) in [6, 6.07) is 6.69. The van der Waals surface area contributed by atoms with Crippen molar-refractivity contribution in [3.63, 3.8) is 0 Å². The van der Waals surface area contributed by atoms with E-state index >= 15 is 0 Å². The van der Waals surface area contributed by atoms with Crippen LogP contribution in [0.3, 0.4) is 0 Å². The summed E-state index contributed by atoms with van der Waals surface area (Å²) in [6.45, 7) is 2.22. The minimum absolute atomic E-state index is 0.377. The van der Waals surface area contributed by atoms with Crippen molar-refractivity contribution in [2.75, 3.05) is 11.9 Å². The van der Waals surface area contributed by atoms with Crippen molar-refractivity contribution in [2.45, 2.75) is 6.92 Å². The van der Waals surface area contributed by atoms with E-state index in [4.69, 9.17) is 33.0 Å². The third-order valence-electron chi connectivity index (χ3n) is 2.01. The SMILES string of the molecule is CCOc1ccccc1NC(=O)/C(Cl)=C(\Cl)C(=O)O. The van der Waals surface area contributed by atoms with Gasteiger partial charge in [-0.15, -0.1) is 0 Å². The molecule has 0 aliphatic carbocycles. The Bertz CT molecular complexity index is 528. The van der Waals surface area contributed by atoms with Crippen LogP contribution in [-0.2, 0) is 9.59 Å². The van der Waals surface area contributed by atoms with Gasteiger partial charge >= 0.3 is 5.97 Å². The third kappa shape index (κ3) is 4.15. The van der Waals surface area contributed by atoms with Gasteiger partial charge in [-0.3, -0.25) is 4.79 Å². The number of anilines is 1. The molecule has 1 amide bonds. The molecular formula is C12H11Cl2NO4. The number of ether oxygens (including phenoxy) is 1. The van der Waals surface area contributed by atoms with Gasteiger partial charge in [0.05, 0.1) is 12.3 Å². The minimum Gasteiger partial charge on any atom is -0.492 e. The molecule has 1 aromatic rings. The number of benzene rings is 1. The quantitative estimate of drug-likeness (QED) is 0.820. The fourth-order valence-electron chi connectivity index (χ4n) is 1.22. The second-order valence-corrected chi connectivity index (χ2v) is 4.07. The normalized spacial score (nSPS) is 11.5. The van der Waals surface area contributed by atoms with E-state index < -0.39 is 21.9 Å². The van der Waals surface area contributed by atoms with Gasteiger partial charge in [0, 0.05) is 0 Å². The summed E-state index contributed by atoms with van der Waals surface area (Å²) in [5.74, 6) is -1.84. The number of hydrogen-bond donors (Lipinski definition) is 2. The minimum atomic E-state index is -1.47. The highest BCUT2D eigenvalue weighted by atomic mass is 35.5. The van der Waals surface area contributed by atoms with E-state index in [1.54, 1.807) is 31.2 Å². The molecule has 0 bridgehead atoms. The van der Waals surface area contributed by atoms with Crippen molar-refractivity contribution in [1.82, 2.24) is 0 Å². The number of carbonyl (C=O) groups is 2. The van der Waals surface area contributed by atoms with E-state index in [2.05, 4.69) is 5.32 Å². The zero-order chi connectivity index (χ0) is 14.4. The number of halogens is 2. The van der Waals surface area contributed by atoms with Crippen LogP contribution >= 0.6 is 23.2 Å². The maximum Gasteiger partial charge on any atom is 0.349 e. The molecule has 0 aromatic heterocycles. The van der Waals surface area contributed by atoms with Gasteiger partial charge in [0.15, 0.2) is 0 Å². The van der Waals surface area contributed by atoms with Gasteiger partial charge in [0.2, 0.25) is 0 Å². The monoisotopic (exact) mass is 303 g/mol. The molecule has 0 spiro atoms. The van der Waals surface area contributed by atoms with Gasteiger partial charge in [-0.1, -0.05) is 35.3 Å². The first kappa shape index (κ1) is 15.3. The standard InChI is InChI=1S/C12H11Cl2NO4/c1-2-19-8-6-4-3-5-7(8)15-11(16)9(13)10(14)12(17)18/h3-6H,2H2,1H3,(H,15,16)(H,17,18)/b10-9+. The summed E-state index contributed by atoms with van der Waals surface area (Å²) in [4.78, 5) is 22.3. The Hall–Kier alpha value is -1.72. The molecule has 1 aromatic carbocycles. The van der Waals surface area contributed by atoms with E-state index in [0.717, 1.165) is 0 Å². The zero-order valence-electron chi connectivity index (χ0n) is 9.94. The molecule has 0 heterocycles. The number of rotatable bonds is 5. The molecule has 19 heavy (non-hydrogen) atoms. The van der Waals surface area contributed by atoms with E-state index in [1.807, 2.05) is 0 Å². The number of hydrogen-bond acceptors (Lipinski definition) is 3. The molecule has 0 fully saturated rings. The van der Waals surface area contributed by atoms with E-state index in [0.29, 0.717) is 18.0 Å². The van der Waals surface area contributed by atoms with Crippen molar-refractivity contribution < 1.29 is 19.4 Å². The first-order valence-corrected chi connectivity index (χ1v) is 6.04. The Labute approximate surface area is 119 Å². The van der Waals surface area contributed by atoms with Crippen LogP contribution in [0.4, 0.5) is 5.69 Å². The summed E-state index contributed by atoms with van der Waals surface area (Å²) >= 11 is 11.0. The average Bonchev–Trinajstić information content (AvgIpc) is 2.39. The first-order chi connectivity index (χ1) is 8.97. The van der Waals surface area contributed by atoms with Crippen LogP contribution < -0.4 is 10.1 Å². The molecule has 0 aliphatic heterocycles.